The fourth-order valence-corrected chi connectivity index (χ4v) is 5.67. The zero-order valence-corrected chi connectivity index (χ0v) is 23.5. The Balaban J connectivity index is 1.25. The second-order valence-corrected chi connectivity index (χ2v) is 12.7. The number of aromatic nitrogens is 1. The summed E-state index contributed by atoms with van der Waals surface area (Å²) in [6.45, 7) is 5.99. The quantitative estimate of drug-likeness (QED) is 0.320. The molecule has 0 radical (unpaired) electrons. The van der Waals surface area contributed by atoms with Crippen molar-refractivity contribution in [3.05, 3.63) is 72.4 Å². The van der Waals surface area contributed by atoms with Crippen molar-refractivity contribution in [2.45, 2.75) is 77.7 Å². The molecule has 5 rings (SSSR count). The summed E-state index contributed by atoms with van der Waals surface area (Å²) in [6, 6.07) is 20.6. The number of pyridine rings is 1. The number of nitrogens with two attached hydrogens (primary N) is 1. The van der Waals surface area contributed by atoms with Crippen LogP contribution >= 0.6 is 0 Å². The largest absolute Gasteiger partial charge is 0.325 e. The molecule has 3 N–H and O–H groups in total. The van der Waals surface area contributed by atoms with Crippen LogP contribution in [0.4, 0.5) is 5.69 Å². The number of nitrogens with one attached hydrogen (secondary N) is 1. The molecular formula is C34H41N3O2. The zero-order chi connectivity index (χ0) is 27.6. The van der Waals surface area contributed by atoms with Crippen LogP contribution in [0.2, 0.25) is 0 Å². The molecule has 0 atom stereocenters. The predicted octanol–water partition coefficient (Wildman–Crippen LogP) is 7.50. The Morgan fingerprint density at radius 1 is 0.897 bits per heavy atom. The first-order valence-corrected chi connectivity index (χ1v) is 14.4. The fourth-order valence-electron chi connectivity index (χ4n) is 5.67. The molecule has 5 nitrogen and oxygen atoms in total. The minimum atomic E-state index is -0.272. The van der Waals surface area contributed by atoms with Crippen molar-refractivity contribution < 1.29 is 9.59 Å². The van der Waals surface area contributed by atoms with Gasteiger partial charge in [0.15, 0.2) is 0 Å². The van der Waals surface area contributed by atoms with Gasteiger partial charge in [-0.2, -0.15) is 0 Å². The van der Waals surface area contributed by atoms with Crippen molar-refractivity contribution >= 4 is 17.4 Å². The molecule has 0 unspecified atom stereocenters. The van der Waals surface area contributed by atoms with Crippen LogP contribution in [0, 0.1) is 17.3 Å². The maximum atomic E-state index is 13.0. The molecular weight excluding hydrogens is 482 g/mol. The molecule has 0 spiro atoms. The van der Waals surface area contributed by atoms with Gasteiger partial charge in [-0.3, -0.25) is 14.6 Å². The van der Waals surface area contributed by atoms with E-state index in [1.807, 2.05) is 45.0 Å². The van der Waals surface area contributed by atoms with Crippen molar-refractivity contribution in [3.8, 4) is 22.4 Å². The van der Waals surface area contributed by atoms with Crippen molar-refractivity contribution in [1.82, 2.24) is 4.98 Å². The van der Waals surface area contributed by atoms with Crippen LogP contribution in [0.25, 0.3) is 22.4 Å². The molecule has 2 aliphatic rings. The molecule has 0 aliphatic heterocycles. The molecule has 3 aromatic rings. The Hall–Kier alpha value is -3.31. The summed E-state index contributed by atoms with van der Waals surface area (Å²) in [4.78, 5) is 30.2. The molecule has 0 saturated heterocycles. The summed E-state index contributed by atoms with van der Waals surface area (Å²) < 4.78 is 0. The number of carbonyl (C=O) groups excluding carboxylic acids is 2. The Kier molecular flexibility index (Phi) is 7.73. The van der Waals surface area contributed by atoms with Crippen LogP contribution in [-0.4, -0.2) is 16.7 Å². The second kappa shape index (κ2) is 11.1. The Bertz CT molecular complexity index is 1310. The van der Waals surface area contributed by atoms with Gasteiger partial charge in [0.05, 0.1) is 17.6 Å². The zero-order valence-electron chi connectivity index (χ0n) is 23.5. The lowest BCUT2D eigenvalue weighted by Gasteiger charge is -2.29. The monoisotopic (exact) mass is 523 g/mol. The number of amides is 1. The minimum absolute atomic E-state index is 0.0276. The number of nitrogens with zero attached hydrogens (tertiary/aromatic N) is 1. The van der Waals surface area contributed by atoms with Gasteiger partial charge in [-0.25, -0.2) is 0 Å². The first-order chi connectivity index (χ1) is 18.6. The van der Waals surface area contributed by atoms with Gasteiger partial charge in [0.25, 0.3) is 0 Å². The van der Waals surface area contributed by atoms with Crippen molar-refractivity contribution in [2.75, 3.05) is 5.32 Å². The molecule has 1 aromatic heterocycles. The molecule has 2 aromatic carbocycles. The third kappa shape index (κ3) is 6.65. The van der Waals surface area contributed by atoms with E-state index < -0.39 is 0 Å². The summed E-state index contributed by atoms with van der Waals surface area (Å²) in [5.41, 5.74) is 11.8. The number of Topliss-reactive ketones (excluding diaryl/α,β-unsaturated/α-hetero) is 1. The average molecular weight is 524 g/mol. The van der Waals surface area contributed by atoms with E-state index in [2.05, 4.69) is 41.7 Å². The van der Waals surface area contributed by atoms with Crippen LogP contribution in [-0.2, 0) is 15.1 Å². The first-order valence-electron chi connectivity index (χ1n) is 14.4. The van der Waals surface area contributed by atoms with Crippen LogP contribution in [0.3, 0.4) is 0 Å². The number of ketones is 1. The molecule has 0 bridgehead atoms. The lowest BCUT2D eigenvalue weighted by molar-refractivity contribution is -0.127. The van der Waals surface area contributed by atoms with E-state index in [1.165, 1.54) is 5.56 Å². The number of benzene rings is 2. The highest BCUT2D eigenvalue weighted by molar-refractivity contribution is 5.93. The Labute approximate surface area is 232 Å². The molecule has 2 saturated carbocycles. The normalized spacial score (nSPS) is 20.3. The summed E-state index contributed by atoms with van der Waals surface area (Å²) in [6.07, 6.45) is 9.05. The van der Waals surface area contributed by atoms with Gasteiger partial charge in [0, 0.05) is 34.9 Å². The molecule has 1 heterocycles. The molecule has 5 heteroatoms. The summed E-state index contributed by atoms with van der Waals surface area (Å²) >= 11 is 0. The van der Waals surface area contributed by atoms with Crippen LogP contribution in [0.1, 0.15) is 77.7 Å². The van der Waals surface area contributed by atoms with E-state index in [0.29, 0.717) is 36.1 Å². The average Bonchev–Trinajstić information content (AvgIpc) is 3.68. The molecule has 2 fully saturated rings. The summed E-state index contributed by atoms with van der Waals surface area (Å²) in [7, 11) is 0. The number of hydrogen-bond donors (Lipinski definition) is 2. The summed E-state index contributed by atoms with van der Waals surface area (Å²) in [5.74, 6) is 1.19. The second-order valence-electron chi connectivity index (χ2n) is 12.7. The van der Waals surface area contributed by atoms with E-state index >= 15 is 0 Å². The Morgan fingerprint density at radius 2 is 1.51 bits per heavy atom. The third-order valence-electron chi connectivity index (χ3n) is 8.53. The van der Waals surface area contributed by atoms with Gasteiger partial charge in [-0.1, -0.05) is 75.4 Å². The van der Waals surface area contributed by atoms with Crippen molar-refractivity contribution in [2.24, 2.45) is 23.0 Å². The van der Waals surface area contributed by atoms with Gasteiger partial charge in [0.1, 0.15) is 5.78 Å². The topological polar surface area (TPSA) is 85.1 Å². The summed E-state index contributed by atoms with van der Waals surface area (Å²) in [5, 5.41) is 3.11. The standard InChI is InChI=1S/C34H41N3O2/c1-33(2,3)30(38)19-23-9-11-24(12-10-23)20-31(39)37-28-21-29(25-7-5-4-6-8-25)32(36-22-28)26-13-15-27(16-14-26)34(35)17-18-34/h4-8,13-16,21-24H,9-12,17-20,35H2,1-3H3,(H,37,39). The maximum Gasteiger partial charge on any atom is 0.224 e. The number of anilines is 1. The van der Waals surface area contributed by atoms with E-state index in [9.17, 15) is 9.59 Å². The molecule has 2 aliphatic carbocycles. The molecule has 1 amide bonds. The first kappa shape index (κ1) is 27.3. The van der Waals surface area contributed by atoms with Crippen LogP contribution in [0.15, 0.2) is 66.9 Å². The fraction of sp³-hybridized carbons (Fsp3) is 0.441. The van der Waals surface area contributed by atoms with Crippen molar-refractivity contribution in [3.63, 3.8) is 0 Å². The van der Waals surface area contributed by atoms with E-state index in [4.69, 9.17) is 10.7 Å². The SMILES string of the molecule is CC(C)(C)C(=O)CC1CCC(CC(=O)Nc2cnc(-c3ccc(C4(N)CC4)cc3)c(-c3ccccc3)c2)CC1. The maximum absolute atomic E-state index is 13.0. The Morgan fingerprint density at radius 3 is 2.10 bits per heavy atom. The smallest absolute Gasteiger partial charge is 0.224 e. The van der Waals surface area contributed by atoms with Crippen molar-refractivity contribution in [1.29, 1.82) is 0 Å². The third-order valence-corrected chi connectivity index (χ3v) is 8.53. The lowest BCUT2D eigenvalue weighted by atomic mass is 9.76. The van der Waals surface area contributed by atoms with Gasteiger partial charge in [-0.15, -0.1) is 0 Å². The van der Waals surface area contributed by atoms with E-state index in [0.717, 1.165) is 60.9 Å². The minimum Gasteiger partial charge on any atom is -0.325 e. The van der Waals surface area contributed by atoms with Crippen LogP contribution < -0.4 is 11.1 Å². The molecule has 204 valence electrons. The van der Waals surface area contributed by atoms with E-state index in [1.54, 1.807) is 6.20 Å². The predicted molar refractivity (Wildman–Crippen MR) is 158 cm³/mol. The highest BCUT2D eigenvalue weighted by Gasteiger charge is 2.39. The number of hydrogen-bond acceptors (Lipinski definition) is 4. The van der Waals surface area contributed by atoms with Crippen LogP contribution in [0.5, 0.6) is 0 Å². The lowest BCUT2D eigenvalue weighted by Crippen LogP contribution is -2.26. The molecule has 39 heavy (non-hydrogen) atoms. The number of rotatable bonds is 8. The van der Waals surface area contributed by atoms with Gasteiger partial charge >= 0.3 is 0 Å². The number of carbonyl (C=O) groups is 2. The highest BCUT2D eigenvalue weighted by atomic mass is 16.1. The van der Waals surface area contributed by atoms with Gasteiger partial charge < -0.3 is 11.1 Å². The highest BCUT2D eigenvalue weighted by Crippen LogP contribution is 2.43. The van der Waals surface area contributed by atoms with E-state index in [-0.39, 0.29) is 16.9 Å². The van der Waals surface area contributed by atoms with Gasteiger partial charge in [-0.05, 0) is 67.6 Å². The van der Waals surface area contributed by atoms with Gasteiger partial charge in [0.2, 0.25) is 5.91 Å².